The third-order valence-corrected chi connectivity index (χ3v) is 4.45. The van der Waals surface area contributed by atoms with Gasteiger partial charge in [0.15, 0.2) is 0 Å². The summed E-state index contributed by atoms with van der Waals surface area (Å²) < 4.78 is 26.5. The topological polar surface area (TPSA) is 83.5 Å². The van der Waals surface area contributed by atoms with Gasteiger partial charge in [-0.2, -0.15) is 4.72 Å². The van der Waals surface area contributed by atoms with Crippen LogP contribution in [-0.4, -0.2) is 25.5 Å². The van der Waals surface area contributed by atoms with Gasteiger partial charge in [0.25, 0.3) is 0 Å². The van der Waals surface area contributed by atoms with Crippen molar-refractivity contribution in [3.05, 3.63) is 29.8 Å². The van der Waals surface area contributed by atoms with Gasteiger partial charge in [0.05, 0.1) is 4.90 Å². The lowest BCUT2D eigenvalue weighted by atomic mass is 10.0. The van der Waals surface area contributed by atoms with E-state index in [0.717, 1.165) is 5.56 Å². The summed E-state index contributed by atoms with van der Waals surface area (Å²) in [7, 11) is -3.80. The molecule has 0 saturated heterocycles. The summed E-state index contributed by atoms with van der Waals surface area (Å²) in [5.74, 6) is -0.831. The SMILES string of the molecule is Cc1ccc(S(=O)(=O)NC(CCC(C)C)C(=O)O)cc1. The molecule has 1 rings (SSSR count). The summed E-state index contributed by atoms with van der Waals surface area (Å²) >= 11 is 0. The average Bonchev–Trinajstić information content (AvgIpc) is 2.34. The molecule has 0 bridgehead atoms. The molecule has 0 amide bonds. The Kier molecular flexibility index (Phi) is 5.71. The van der Waals surface area contributed by atoms with Crippen molar-refractivity contribution in [1.29, 1.82) is 0 Å². The van der Waals surface area contributed by atoms with E-state index < -0.39 is 22.0 Å². The second kappa shape index (κ2) is 6.85. The third kappa shape index (κ3) is 4.94. The largest absolute Gasteiger partial charge is 0.480 e. The van der Waals surface area contributed by atoms with Crippen molar-refractivity contribution >= 4 is 16.0 Å². The zero-order chi connectivity index (χ0) is 15.3. The summed E-state index contributed by atoms with van der Waals surface area (Å²) in [6, 6.07) is 5.21. The number of hydrogen-bond donors (Lipinski definition) is 2. The Balaban J connectivity index is 2.86. The van der Waals surface area contributed by atoms with Crippen molar-refractivity contribution in [1.82, 2.24) is 4.72 Å². The molecular formula is C14H21NO4S. The van der Waals surface area contributed by atoms with E-state index in [0.29, 0.717) is 12.3 Å². The Morgan fingerprint density at radius 1 is 1.20 bits per heavy atom. The van der Waals surface area contributed by atoms with Crippen LogP contribution in [-0.2, 0) is 14.8 Å². The van der Waals surface area contributed by atoms with E-state index in [1.807, 2.05) is 20.8 Å². The second-order valence-corrected chi connectivity index (χ2v) is 7.01. The van der Waals surface area contributed by atoms with Crippen molar-refractivity contribution in [3.8, 4) is 0 Å². The smallest absolute Gasteiger partial charge is 0.321 e. The van der Waals surface area contributed by atoms with Gasteiger partial charge < -0.3 is 5.11 Å². The standard InChI is InChI=1S/C14H21NO4S/c1-10(2)4-9-13(14(16)17)15-20(18,19)12-7-5-11(3)6-8-12/h5-8,10,13,15H,4,9H2,1-3H3,(H,16,17). The van der Waals surface area contributed by atoms with Gasteiger partial charge in [-0.3, -0.25) is 4.79 Å². The van der Waals surface area contributed by atoms with Crippen molar-refractivity contribution in [2.24, 2.45) is 5.92 Å². The van der Waals surface area contributed by atoms with Crippen LogP contribution in [0.3, 0.4) is 0 Å². The summed E-state index contributed by atoms with van der Waals surface area (Å²) in [6.07, 6.45) is 0.922. The van der Waals surface area contributed by atoms with Crippen molar-refractivity contribution in [2.45, 2.75) is 44.6 Å². The van der Waals surface area contributed by atoms with Gasteiger partial charge in [0, 0.05) is 0 Å². The highest BCUT2D eigenvalue weighted by molar-refractivity contribution is 7.89. The highest BCUT2D eigenvalue weighted by atomic mass is 32.2. The number of carboxylic acid groups (broad SMARTS) is 1. The minimum Gasteiger partial charge on any atom is -0.480 e. The van der Waals surface area contributed by atoms with Crippen LogP contribution in [0.5, 0.6) is 0 Å². The number of aryl methyl sites for hydroxylation is 1. The summed E-state index contributed by atoms with van der Waals surface area (Å²) in [6.45, 7) is 5.79. The molecule has 0 aliphatic rings. The molecule has 2 N–H and O–H groups in total. The second-order valence-electron chi connectivity index (χ2n) is 5.30. The van der Waals surface area contributed by atoms with Gasteiger partial charge >= 0.3 is 5.97 Å². The van der Waals surface area contributed by atoms with E-state index in [1.165, 1.54) is 12.1 Å². The van der Waals surface area contributed by atoms with Gasteiger partial charge in [-0.25, -0.2) is 8.42 Å². The van der Waals surface area contributed by atoms with Gasteiger partial charge in [-0.05, 0) is 37.8 Å². The maximum atomic E-state index is 12.1. The Bertz CT molecular complexity index is 549. The van der Waals surface area contributed by atoms with Crippen molar-refractivity contribution in [3.63, 3.8) is 0 Å². The molecule has 0 saturated carbocycles. The molecule has 0 aliphatic heterocycles. The molecule has 0 spiro atoms. The predicted molar refractivity (Wildman–Crippen MR) is 77.0 cm³/mol. The van der Waals surface area contributed by atoms with Crippen LogP contribution in [0.4, 0.5) is 0 Å². The van der Waals surface area contributed by atoms with Crippen LogP contribution >= 0.6 is 0 Å². The molecule has 6 heteroatoms. The zero-order valence-corrected chi connectivity index (χ0v) is 12.8. The fraction of sp³-hybridized carbons (Fsp3) is 0.500. The monoisotopic (exact) mass is 299 g/mol. The zero-order valence-electron chi connectivity index (χ0n) is 12.0. The number of carbonyl (C=O) groups is 1. The molecule has 1 unspecified atom stereocenters. The molecule has 0 radical (unpaired) electrons. The Morgan fingerprint density at radius 3 is 2.20 bits per heavy atom. The van der Waals surface area contributed by atoms with E-state index in [4.69, 9.17) is 5.11 Å². The number of benzene rings is 1. The van der Waals surface area contributed by atoms with Gasteiger partial charge in [-0.15, -0.1) is 0 Å². The summed E-state index contributed by atoms with van der Waals surface area (Å²) in [5, 5.41) is 9.11. The first-order valence-corrected chi connectivity index (χ1v) is 8.02. The Labute approximate surface area is 120 Å². The third-order valence-electron chi connectivity index (χ3n) is 2.96. The molecule has 0 aliphatic carbocycles. The summed E-state index contributed by atoms with van der Waals surface area (Å²) in [5.41, 5.74) is 0.943. The van der Waals surface area contributed by atoms with E-state index in [1.54, 1.807) is 12.1 Å². The number of carboxylic acids is 1. The molecule has 0 heterocycles. The minimum absolute atomic E-state index is 0.0823. The molecule has 1 atom stereocenters. The number of sulfonamides is 1. The number of rotatable bonds is 7. The first kappa shape index (κ1) is 16.7. The number of aliphatic carboxylic acids is 1. The fourth-order valence-electron chi connectivity index (χ4n) is 1.71. The molecule has 1 aromatic carbocycles. The van der Waals surface area contributed by atoms with E-state index in [-0.39, 0.29) is 11.3 Å². The van der Waals surface area contributed by atoms with Crippen molar-refractivity contribution < 1.29 is 18.3 Å². The van der Waals surface area contributed by atoms with Gasteiger partial charge in [0.1, 0.15) is 6.04 Å². The first-order valence-electron chi connectivity index (χ1n) is 6.54. The first-order chi connectivity index (χ1) is 9.22. The van der Waals surface area contributed by atoms with E-state index in [9.17, 15) is 13.2 Å². The molecule has 5 nitrogen and oxygen atoms in total. The lowest BCUT2D eigenvalue weighted by Crippen LogP contribution is -2.40. The van der Waals surface area contributed by atoms with Crippen LogP contribution in [0.1, 0.15) is 32.3 Å². The normalized spacial score (nSPS) is 13.4. The van der Waals surface area contributed by atoms with Crippen LogP contribution in [0.15, 0.2) is 29.2 Å². The number of hydrogen-bond acceptors (Lipinski definition) is 3. The molecule has 1 aromatic rings. The lowest BCUT2D eigenvalue weighted by molar-refractivity contribution is -0.139. The number of nitrogens with one attached hydrogen (secondary N) is 1. The van der Waals surface area contributed by atoms with Gasteiger partial charge in [-0.1, -0.05) is 31.5 Å². The fourth-order valence-corrected chi connectivity index (χ4v) is 2.93. The van der Waals surface area contributed by atoms with E-state index >= 15 is 0 Å². The average molecular weight is 299 g/mol. The van der Waals surface area contributed by atoms with Crippen LogP contribution in [0.2, 0.25) is 0 Å². The molecular weight excluding hydrogens is 278 g/mol. The van der Waals surface area contributed by atoms with Crippen LogP contribution in [0.25, 0.3) is 0 Å². The molecule has 112 valence electrons. The lowest BCUT2D eigenvalue weighted by Gasteiger charge is -2.16. The Morgan fingerprint density at radius 2 is 1.75 bits per heavy atom. The maximum absolute atomic E-state index is 12.1. The molecule has 0 aromatic heterocycles. The molecule has 20 heavy (non-hydrogen) atoms. The molecule has 0 fully saturated rings. The maximum Gasteiger partial charge on any atom is 0.321 e. The summed E-state index contributed by atoms with van der Waals surface area (Å²) in [4.78, 5) is 11.2. The van der Waals surface area contributed by atoms with Crippen LogP contribution < -0.4 is 4.72 Å². The van der Waals surface area contributed by atoms with Crippen molar-refractivity contribution in [2.75, 3.05) is 0 Å². The highest BCUT2D eigenvalue weighted by Crippen LogP contribution is 2.13. The van der Waals surface area contributed by atoms with Gasteiger partial charge in [0.2, 0.25) is 10.0 Å². The van der Waals surface area contributed by atoms with Crippen LogP contribution in [0, 0.1) is 12.8 Å². The predicted octanol–water partition coefficient (Wildman–Crippen LogP) is 2.16. The quantitative estimate of drug-likeness (QED) is 0.808. The Hall–Kier alpha value is -1.40. The van der Waals surface area contributed by atoms with E-state index in [2.05, 4.69) is 4.72 Å². The minimum atomic E-state index is -3.80. The highest BCUT2D eigenvalue weighted by Gasteiger charge is 2.25.